The van der Waals surface area contributed by atoms with Crippen LogP contribution < -0.4 is 22.7 Å². The lowest BCUT2D eigenvalue weighted by Gasteiger charge is -2.12. The van der Waals surface area contributed by atoms with Gasteiger partial charge in [0.15, 0.2) is 6.21 Å². The predicted octanol–water partition coefficient (Wildman–Crippen LogP) is 3.31. The highest BCUT2D eigenvalue weighted by atomic mass is 79.9. The summed E-state index contributed by atoms with van der Waals surface area (Å²) in [6.45, 7) is 3.97. The Labute approximate surface area is 196 Å². The van der Waals surface area contributed by atoms with Crippen LogP contribution in [-0.2, 0) is 0 Å². The average molecular weight is 511 g/mol. The Balaban J connectivity index is 0.00000300. The second-order valence-electron chi connectivity index (χ2n) is 6.45. The molecule has 3 aromatic rings. The fraction of sp³-hybridized carbons (Fsp3) is 0.0870. The number of halogens is 4. The Morgan fingerprint density at radius 2 is 1.52 bits per heavy atom. The van der Waals surface area contributed by atoms with Gasteiger partial charge in [0.2, 0.25) is 5.69 Å². The van der Waals surface area contributed by atoms with E-state index in [1.165, 1.54) is 0 Å². The summed E-state index contributed by atoms with van der Waals surface area (Å²) in [5.41, 5.74) is 5.96. The molecule has 0 saturated heterocycles. The molecular formula is C23H20BrCl3N2. The third-order valence-corrected chi connectivity index (χ3v) is 5.62. The Morgan fingerprint density at radius 1 is 0.897 bits per heavy atom. The highest BCUT2D eigenvalue weighted by Gasteiger charge is 2.05. The maximum Gasteiger partial charge on any atom is 0.204 e. The van der Waals surface area contributed by atoms with Gasteiger partial charge in [-0.1, -0.05) is 63.4 Å². The van der Waals surface area contributed by atoms with Crippen molar-refractivity contribution in [2.24, 2.45) is 0 Å². The van der Waals surface area contributed by atoms with E-state index in [1.54, 1.807) is 0 Å². The summed E-state index contributed by atoms with van der Waals surface area (Å²) in [5, 5.41) is 4.93. The zero-order valence-corrected chi connectivity index (χ0v) is 19.8. The topological polar surface area (TPSA) is 26.0 Å². The van der Waals surface area contributed by atoms with E-state index in [0.29, 0.717) is 0 Å². The minimum Gasteiger partial charge on any atom is -1.00 e. The smallest absolute Gasteiger partial charge is 0.204 e. The maximum absolute atomic E-state index is 6.28. The lowest BCUT2D eigenvalue weighted by molar-refractivity contribution is -0.346. The van der Waals surface area contributed by atoms with Gasteiger partial charge in [0, 0.05) is 33.4 Å². The summed E-state index contributed by atoms with van der Waals surface area (Å²) in [7, 11) is 0. The van der Waals surface area contributed by atoms with Gasteiger partial charge in [-0.3, -0.25) is 0 Å². The molecule has 0 aliphatic rings. The van der Waals surface area contributed by atoms with Gasteiger partial charge in [0.25, 0.3) is 0 Å². The monoisotopic (exact) mass is 508 g/mol. The first-order valence-electron chi connectivity index (χ1n) is 8.78. The summed E-state index contributed by atoms with van der Waals surface area (Å²) in [6, 6.07) is 20.0. The third kappa shape index (κ3) is 6.61. The van der Waals surface area contributed by atoms with Crippen LogP contribution in [0.2, 0.25) is 10.0 Å². The molecule has 0 heterocycles. The lowest BCUT2D eigenvalue weighted by Crippen LogP contribution is -3.00. The van der Waals surface area contributed by atoms with Gasteiger partial charge in [-0.2, -0.15) is 0 Å². The van der Waals surface area contributed by atoms with E-state index in [4.69, 9.17) is 23.2 Å². The van der Waals surface area contributed by atoms with Crippen LogP contribution in [-0.4, -0.2) is 6.21 Å². The average Bonchev–Trinajstić information content (AvgIpc) is 2.67. The zero-order valence-electron chi connectivity index (χ0n) is 15.9. The lowest BCUT2D eigenvalue weighted by atomic mass is 10.1. The van der Waals surface area contributed by atoms with Gasteiger partial charge in [0.1, 0.15) is 0 Å². The fourth-order valence-corrected chi connectivity index (χ4v) is 3.19. The van der Waals surface area contributed by atoms with Crippen LogP contribution >= 0.6 is 39.1 Å². The van der Waals surface area contributed by atoms with Crippen molar-refractivity contribution in [3.05, 3.63) is 97.9 Å². The van der Waals surface area contributed by atoms with Crippen molar-refractivity contribution in [1.82, 2.24) is 0 Å². The minimum atomic E-state index is 0. The number of benzene rings is 3. The molecule has 0 atom stereocenters. The summed E-state index contributed by atoms with van der Waals surface area (Å²) < 4.78 is 1.03. The molecule has 2 N–H and O–H groups in total. The van der Waals surface area contributed by atoms with E-state index < -0.39 is 0 Å². The zero-order chi connectivity index (χ0) is 20.1. The molecule has 0 spiro atoms. The van der Waals surface area contributed by atoms with Gasteiger partial charge in [0.05, 0.1) is 10.7 Å². The number of hydrogen-bond donors (Lipinski definition) is 2. The van der Waals surface area contributed by atoms with Crippen LogP contribution in [0.4, 0.5) is 11.4 Å². The van der Waals surface area contributed by atoms with Crippen molar-refractivity contribution in [2.75, 3.05) is 5.32 Å². The molecule has 0 amide bonds. The molecule has 6 heteroatoms. The van der Waals surface area contributed by atoms with Gasteiger partial charge in [-0.15, -0.1) is 0 Å². The van der Waals surface area contributed by atoms with E-state index in [-0.39, 0.29) is 12.4 Å². The van der Waals surface area contributed by atoms with Crippen LogP contribution in [0, 0.1) is 13.8 Å². The van der Waals surface area contributed by atoms with Gasteiger partial charge >= 0.3 is 0 Å². The van der Waals surface area contributed by atoms with E-state index in [0.717, 1.165) is 48.3 Å². The Hall–Kier alpha value is -1.78. The molecule has 3 rings (SSSR count). The highest BCUT2D eigenvalue weighted by Crippen LogP contribution is 2.24. The molecule has 2 nitrogen and oxygen atoms in total. The van der Waals surface area contributed by atoms with Crippen LogP contribution in [0.25, 0.3) is 5.70 Å². The molecule has 29 heavy (non-hydrogen) atoms. The molecule has 0 bridgehead atoms. The summed E-state index contributed by atoms with van der Waals surface area (Å²) in [6.07, 6.45) is 3.88. The molecule has 0 saturated carbocycles. The highest BCUT2D eigenvalue weighted by molar-refractivity contribution is 9.10. The second-order valence-corrected chi connectivity index (χ2v) is 8.18. The van der Waals surface area contributed by atoms with Crippen LogP contribution in [0.3, 0.4) is 0 Å². The van der Waals surface area contributed by atoms with Gasteiger partial charge < -0.3 is 17.7 Å². The molecule has 0 aliphatic heterocycles. The van der Waals surface area contributed by atoms with E-state index in [9.17, 15) is 0 Å². The van der Waals surface area contributed by atoms with Crippen molar-refractivity contribution < 1.29 is 17.4 Å². The molecule has 0 aromatic heterocycles. The Kier molecular flexibility index (Phi) is 8.79. The largest absolute Gasteiger partial charge is 1.00 e. The van der Waals surface area contributed by atoms with Crippen molar-refractivity contribution in [3.63, 3.8) is 0 Å². The first-order valence-corrected chi connectivity index (χ1v) is 10.3. The fourth-order valence-electron chi connectivity index (χ4n) is 2.57. The first-order chi connectivity index (χ1) is 13.4. The molecule has 3 aromatic carbocycles. The Morgan fingerprint density at radius 3 is 2.14 bits per heavy atom. The van der Waals surface area contributed by atoms with Crippen molar-refractivity contribution in [1.29, 1.82) is 0 Å². The number of aryl methyl sites for hydroxylation is 2. The van der Waals surface area contributed by atoms with Crippen molar-refractivity contribution in [3.8, 4) is 0 Å². The van der Waals surface area contributed by atoms with E-state index >= 15 is 0 Å². The molecule has 0 fully saturated rings. The molecule has 150 valence electrons. The number of anilines is 1. The van der Waals surface area contributed by atoms with E-state index in [1.807, 2.05) is 74.7 Å². The van der Waals surface area contributed by atoms with Crippen molar-refractivity contribution in [2.45, 2.75) is 13.8 Å². The number of hydrogen-bond acceptors (Lipinski definition) is 1. The molecular weight excluding hydrogens is 491 g/mol. The van der Waals surface area contributed by atoms with Crippen LogP contribution in [0.1, 0.15) is 16.7 Å². The summed E-state index contributed by atoms with van der Waals surface area (Å²) in [5.74, 6) is 0. The second kappa shape index (κ2) is 10.8. The van der Waals surface area contributed by atoms with Gasteiger partial charge in [-0.05, 0) is 54.8 Å². The summed E-state index contributed by atoms with van der Waals surface area (Å²) >= 11 is 16.0. The van der Waals surface area contributed by atoms with Crippen LogP contribution in [0.15, 0.2) is 71.2 Å². The number of rotatable bonds is 5. The third-order valence-electron chi connectivity index (χ3n) is 4.28. The van der Waals surface area contributed by atoms with E-state index in [2.05, 4.69) is 38.4 Å². The van der Waals surface area contributed by atoms with Crippen LogP contribution in [0.5, 0.6) is 0 Å². The summed E-state index contributed by atoms with van der Waals surface area (Å²) in [4.78, 5) is 3.27. The Bertz CT molecular complexity index is 1040. The predicted molar refractivity (Wildman–Crippen MR) is 125 cm³/mol. The molecule has 0 radical (unpaired) electrons. The quantitative estimate of drug-likeness (QED) is 0.506. The maximum atomic E-state index is 6.28. The number of allylic oxidation sites excluding steroid dienone is 1. The standard InChI is InChI=1S/C23H19BrCl2N2.ClH/c1-15-3-9-19(13-21(15)25)27-12-11-23(17-5-7-18(24)8-6-17)28-20-10-4-16(2)22(26)14-20;/h3-14,28H,1-2H3;1H/b23-11+,27-12?;. The SMILES string of the molecule is Cc1ccc(N/C(=C/C=[NH+]c2ccc(C)c(Cl)c2)c2ccc(Br)cc2)cc1Cl.[Cl-]. The van der Waals surface area contributed by atoms with Crippen molar-refractivity contribution >= 4 is 62.4 Å². The number of nitrogens with one attached hydrogen (secondary N) is 2. The minimum absolute atomic E-state index is 0. The molecule has 0 unspecified atom stereocenters. The van der Waals surface area contributed by atoms with Gasteiger partial charge in [-0.25, -0.2) is 4.99 Å². The normalized spacial score (nSPS) is 11.4. The first kappa shape index (κ1) is 23.5. The molecule has 0 aliphatic carbocycles.